The summed E-state index contributed by atoms with van der Waals surface area (Å²) < 4.78 is 59.9. The second-order valence-electron chi connectivity index (χ2n) is 4.61. The molecule has 0 heterocycles. The molecule has 21 heavy (non-hydrogen) atoms. The van der Waals surface area contributed by atoms with Gasteiger partial charge in [-0.05, 0) is 32.0 Å². The molecule has 0 aliphatic heterocycles. The molecule has 1 amide bonds. The van der Waals surface area contributed by atoms with Crippen molar-refractivity contribution in [2.75, 3.05) is 6.54 Å². The van der Waals surface area contributed by atoms with E-state index in [0.29, 0.717) is 4.90 Å². The van der Waals surface area contributed by atoms with Crippen LogP contribution >= 0.6 is 10.7 Å². The van der Waals surface area contributed by atoms with Crippen LogP contribution in [0.5, 0.6) is 0 Å². The summed E-state index contributed by atoms with van der Waals surface area (Å²) >= 11 is 0. The highest BCUT2D eigenvalue weighted by Crippen LogP contribution is 2.22. The van der Waals surface area contributed by atoms with Gasteiger partial charge in [0.15, 0.2) is 0 Å². The van der Waals surface area contributed by atoms with Crippen molar-refractivity contribution in [3.05, 3.63) is 29.8 Å². The van der Waals surface area contributed by atoms with E-state index >= 15 is 0 Å². The van der Waals surface area contributed by atoms with E-state index in [0.717, 1.165) is 12.1 Å². The van der Waals surface area contributed by atoms with E-state index in [4.69, 9.17) is 10.7 Å². The Labute approximate surface area is 124 Å². The van der Waals surface area contributed by atoms with Gasteiger partial charge in [-0.25, -0.2) is 8.42 Å². The molecule has 0 fully saturated rings. The van der Waals surface area contributed by atoms with Crippen LogP contribution in [0, 0.1) is 0 Å². The monoisotopic (exact) mass is 343 g/mol. The highest BCUT2D eigenvalue weighted by Gasteiger charge is 2.34. The van der Waals surface area contributed by atoms with E-state index in [1.807, 2.05) is 0 Å². The van der Waals surface area contributed by atoms with Gasteiger partial charge in [0.1, 0.15) is 6.54 Å². The molecule has 0 aliphatic carbocycles. The fraction of sp³-hybridized carbons (Fsp3) is 0.417. The zero-order chi connectivity index (χ0) is 16.4. The summed E-state index contributed by atoms with van der Waals surface area (Å²) in [6, 6.07) is 3.89. The van der Waals surface area contributed by atoms with E-state index in [9.17, 15) is 26.4 Å². The lowest BCUT2D eigenvalue weighted by molar-refractivity contribution is -0.143. The Hall–Kier alpha value is -1.28. The van der Waals surface area contributed by atoms with Crippen molar-refractivity contribution in [2.45, 2.75) is 31.0 Å². The molecule has 0 N–H and O–H groups in total. The fourth-order valence-corrected chi connectivity index (χ4v) is 2.43. The third kappa shape index (κ3) is 5.20. The number of amides is 1. The van der Waals surface area contributed by atoms with Crippen LogP contribution in [0.1, 0.15) is 24.2 Å². The van der Waals surface area contributed by atoms with Crippen LogP contribution in [0.25, 0.3) is 0 Å². The lowest BCUT2D eigenvalue weighted by atomic mass is 10.1. The maximum atomic E-state index is 12.5. The first-order valence-electron chi connectivity index (χ1n) is 5.84. The number of benzene rings is 1. The summed E-state index contributed by atoms with van der Waals surface area (Å²) in [7, 11) is 1.09. The Morgan fingerprint density at radius 3 is 2.33 bits per heavy atom. The number of nitrogens with zero attached hydrogens (tertiary/aromatic N) is 1. The van der Waals surface area contributed by atoms with Gasteiger partial charge in [-0.3, -0.25) is 4.79 Å². The predicted octanol–water partition coefficient (Wildman–Crippen LogP) is 3.03. The number of hydrogen-bond acceptors (Lipinski definition) is 3. The van der Waals surface area contributed by atoms with Crippen LogP contribution in [-0.2, 0) is 9.05 Å². The quantitative estimate of drug-likeness (QED) is 0.790. The highest BCUT2D eigenvalue weighted by molar-refractivity contribution is 8.13. The Kier molecular flexibility index (Phi) is 5.27. The average molecular weight is 344 g/mol. The zero-order valence-electron chi connectivity index (χ0n) is 11.2. The smallest absolute Gasteiger partial charge is 0.327 e. The van der Waals surface area contributed by atoms with Gasteiger partial charge >= 0.3 is 6.18 Å². The van der Waals surface area contributed by atoms with Crippen molar-refractivity contribution >= 4 is 25.6 Å². The van der Waals surface area contributed by atoms with Gasteiger partial charge in [0.25, 0.3) is 15.0 Å². The van der Waals surface area contributed by atoms with Crippen LogP contribution in [0.2, 0.25) is 0 Å². The molecule has 118 valence electrons. The maximum absolute atomic E-state index is 12.5. The van der Waals surface area contributed by atoms with Gasteiger partial charge in [-0.15, -0.1) is 0 Å². The molecule has 0 radical (unpaired) electrons. The molecule has 0 aromatic heterocycles. The van der Waals surface area contributed by atoms with Crippen molar-refractivity contribution in [3.8, 4) is 0 Å². The van der Waals surface area contributed by atoms with Gasteiger partial charge in [-0.1, -0.05) is 6.07 Å². The molecule has 1 rings (SSSR count). The van der Waals surface area contributed by atoms with Crippen molar-refractivity contribution < 1.29 is 26.4 Å². The van der Waals surface area contributed by atoms with Crippen LogP contribution in [0.15, 0.2) is 29.2 Å². The first-order chi connectivity index (χ1) is 9.42. The summed E-state index contributed by atoms with van der Waals surface area (Å²) in [6.07, 6.45) is -4.55. The number of carbonyl (C=O) groups is 1. The van der Waals surface area contributed by atoms with Crippen LogP contribution in [-0.4, -0.2) is 38.0 Å². The first-order valence-corrected chi connectivity index (χ1v) is 8.15. The summed E-state index contributed by atoms with van der Waals surface area (Å²) in [5.41, 5.74) is -0.172. The summed E-state index contributed by atoms with van der Waals surface area (Å²) in [5, 5.41) is 0. The number of carbonyl (C=O) groups excluding carboxylic acids is 1. The van der Waals surface area contributed by atoms with Crippen LogP contribution in [0.4, 0.5) is 13.2 Å². The minimum Gasteiger partial charge on any atom is -0.327 e. The molecule has 0 bridgehead atoms. The molecule has 4 nitrogen and oxygen atoms in total. The van der Waals surface area contributed by atoms with Gasteiger partial charge < -0.3 is 4.90 Å². The molecule has 0 spiro atoms. The molecule has 0 unspecified atom stereocenters. The fourth-order valence-electron chi connectivity index (χ4n) is 1.63. The minimum atomic E-state index is -4.55. The predicted molar refractivity (Wildman–Crippen MR) is 71.7 cm³/mol. The molecule has 0 saturated heterocycles. The Morgan fingerprint density at radius 2 is 1.90 bits per heavy atom. The van der Waals surface area contributed by atoms with Gasteiger partial charge in [-0.2, -0.15) is 13.2 Å². The lowest BCUT2D eigenvalue weighted by Crippen LogP contribution is -2.43. The SMILES string of the molecule is CC(C)N(CC(F)(F)F)C(=O)c1cccc(S(=O)(=O)Cl)c1. The van der Waals surface area contributed by atoms with Gasteiger partial charge in [0, 0.05) is 22.3 Å². The number of hydrogen-bond donors (Lipinski definition) is 0. The van der Waals surface area contributed by atoms with Crippen molar-refractivity contribution in [1.29, 1.82) is 0 Å². The van der Waals surface area contributed by atoms with E-state index in [1.54, 1.807) is 0 Å². The highest BCUT2D eigenvalue weighted by atomic mass is 35.7. The van der Waals surface area contributed by atoms with Crippen molar-refractivity contribution in [2.24, 2.45) is 0 Å². The Balaban J connectivity index is 3.16. The zero-order valence-corrected chi connectivity index (χ0v) is 12.8. The van der Waals surface area contributed by atoms with Gasteiger partial charge in [0.2, 0.25) is 0 Å². The first kappa shape index (κ1) is 17.8. The average Bonchev–Trinajstić information content (AvgIpc) is 2.33. The van der Waals surface area contributed by atoms with Gasteiger partial charge in [0.05, 0.1) is 4.90 Å². The second kappa shape index (κ2) is 6.23. The third-order valence-electron chi connectivity index (χ3n) is 2.60. The standard InChI is InChI=1S/C12H13ClF3NO3S/c1-8(2)17(7-12(14,15)16)11(18)9-4-3-5-10(6-9)21(13,19)20/h3-6,8H,7H2,1-2H3. The van der Waals surface area contributed by atoms with E-state index < -0.39 is 33.7 Å². The molecule has 0 atom stereocenters. The molecule has 0 aliphatic rings. The van der Waals surface area contributed by atoms with E-state index in [2.05, 4.69) is 0 Å². The Bertz CT molecular complexity index is 629. The third-order valence-corrected chi connectivity index (χ3v) is 3.95. The van der Waals surface area contributed by atoms with E-state index in [1.165, 1.54) is 26.0 Å². The summed E-state index contributed by atoms with van der Waals surface area (Å²) in [4.78, 5) is 12.4. The summed E-state index contributed by atoms with van der Waals surface area (Å²) in [6.45, 7) is 1.46. The number of rotatable bonds is 4. The minimum absolute atomic E-state index is 0.172. The molecule has 9 heteroatoms. The number of alkyl halides is 3. The normalized spacial score (nSPS) is 12.5. The summed E-state index contributed by atoms with van der Waals surface area (Å²) in [5.74, 6) is -0.913. The second-order valence-corrected chi connectivity index (χ2v) is 7.17. The lowest BCUT2D eigenvalue weighted by Gasteiger charge is -2.27. The molecule has 1 aromatic rings. The van der Waals surface area contributed by atoms with E-state index in [-0.39, 0.29) is 10.5 Å². The molecule has 1 aromatic carbocycles. The largest absolute Gasteiger partial charge is 0.406 e. The Morgan fingerprint density at radius 1 is 1.33 bits per heavy atom. The maximum Gasteiger partial charge on any atom is 0.406 e. The molecular weight excluding hydrogens is 331 g/mol. The topological polar surface area (TPSA) is 54.5 Å². The van der Waals surface area contributed by atoms with Crippen molar-refractivity contribution in [1.82, 2.24) is 4.90 Å². The van der Waals surface area contributed by atoms with Crippen molar-refractivity contribution in [3.63, 3.8) is 0 Å². The molecular formula is C12H13ClF3NO3S. The number of halogens is 4. The van der Waals surface area contributed by atoms with Crippen LogP contribution < -0.4 is 0 Å². The van der Waals surface area contributed by atoms with Crippen LogP contribution in [0.3, 0.4) is 0 Å². The molecule has 0 saturated carbocycles.